The summed E-state index contributed by atoms with van der Waals surface area (Å²) in [6, 6.07) is 0. The molecule has 0 radical (unpaired) electrons. The summed E-state index contributed by atoms with van der Waals surface area (Å²) in [6.07, 6.45) is 0.837. The van der Waals surface area contributed by atoms with Crippen LogP contribution in [0.1, 0.15) is 37.2 Å². The molecule has 0 aliphatic carbocycles. The number of carbonyl (C=O) groups is 1. The molecule has 2 heterocycles. The van der Waals surface area contributed by atoms with E-state index in [0.717, 1.165) is 34.5 Å². The number of anilines is 1. The Balaban J connectivity index is 1.97. The van der Waals surface area contributed by atoms with Gasteiger partial charge in [0.25, 0.3) is 0 Å². The van der Waals surface area contributed by atoms with Gasteiger partial charge in [-0.15, -0.1) is 21.5 Å². The normalized spacial score (nSPS) is 11.2. The van der Waals surface area contributed by atoms with Crippen molar-refractivity contribution in [3.05, 3.63) is 16.4 Å². The fraction of sp³-hybridized carbons (Fsp3) is 0.600. The van der Waals surface area contributed by atoms with Crippen molar-refractivity contribution < 1.29 is 4.79 Å². The summed E-state index contributed by atoms with van der Waals surface area (Å²) in [5.41, 5.74) is 0.960. The number of hydrogen-bond acceptors (Lipinski definition) is 6. The van der Waals surface area contributed by atoms with Gasteiger partial charge in [0.15, 0.2) is 10.3 Å². The van der Waals surface area contributed by atoms with Crippen LogP contribution in [0.4, 0.5) is 5.13 Å². The molecule has 2 aromatic heterocycles. The van der Waals surface area contributed by atoms with Crippen molar-refractivity contribution in [2.45, 2.75) is 52.7 Å². The molecule has 2 aromatic rings. The number of carbonyl (C=O) groups excluding carboxylic acids is 1. The van der Waals surface area contributed by atoms with E-state index in [1.165, 1.54) is 23.1 Å². The molecule has 126 valence electrons. The average molecular weight is 354 g/mol. The Morgan fingerprint density at radius 3 is 2.65 bits per heavy atom. The molecule has 0 aliphatic heterocycles. The Morgan fingerprint density at radius 2 is 2.09 bits per heavy atom. The number of thiazole rings is 1. The van der Waals surface area contributed by atoms with E-state index in [1.54, 1.807) is 0 Å². The van der Waals surface area contributed by atoms with Gasteiger partial charge in [0, 0.05) is 17.8 Å². The van der Waals surface area contributed by atoms with Gasteiger partial charge >= 0.3 is 0 Å². The monoisotopic (exact) mass is 353 g/mol. The van der Waals surface area contributed by atoms with Crippen molar-refractivity contribution in [3.63, 3.8) is 0 Å². The first-order chi connectivity index (χ1) is 10.9. The van der Waals surface area contributed by atoms with Crippen molar-refractivity contribution in [1.82, 2.24) is 19.7 Å². The van der Waals surface area contributed by atoms with E-state index in [4.69, 9.17) is 0 Å². The van der Waals surface area contributed by atoms with E-state index in [-0.39, 0.29) is 5.91 Å². The van der Waals surface area contributed by atoms with Crippen molar-refractivity contribution in [2.24, 2.45) is 5.92 Å². The van der Waals surface area contributed by atoms with Crippen molar-refractivity contribution >= 4 is 34.1 Å². The van der Waals surface area contributed by atoms with Gasteiger partial charge in [0.05, 0.1) is 11.4 Å². The highest BCUT2D eigenvalue weighted by Gasteiger charge is 2.15. The van der Waals surface area contributed by atoms with Gasteiger partial charge in [0.1, 0.15) is 5.82 Å². The second kappa shape index (κ2) is 7.92. The highest BCUT2D eigenvalue weighted by atomic mass is 32.2. The molecule has 0 aliphatic rings. The molecule has 6 nitrogen and oxygen atoms in total. The summed E-state index contributed by atoms with van der Waals surface area (Å²) in [7, 11) is 0. The molecule has 0 unspecified atom stereocenters. The highest BCUT2D eigenvalue weighted by molar-refractivity contribution is 7.99. The molecule has 0 bridgehead atoms. The van der Waals surface area contributed by atoms with Crippen molar-refractivity contribution in [2.75, 3.05) is 11.1 Å². The van der Waals surface area contributed by atoms with Crippen LogP contribution in [0.2, 0.25) is 0 Å². The molecule has 1 amide bonds. The predicted molar refractivity (Wildman–Crippen MR) is 95.2 cm³/mol. The lowest BCUT2D eigenvalue weighted by Crippen LogP contribution is -2.15. The molecule has 1 N–H and O–H groups in total. The first-order valence-corrected chi connectivity index (χ1v) is 9.49. The van der Waals surface area contributed by atoms with Gasteiger partial charge in [-0.3, -0.25) is 4.79 Å². The zero-order valence-corrected chi connectivity index (χ0v) is 15.8. The largest absolute Gasteiger partial charge is 0.306 e. The Bertz CT molecular complexity index is 658. The summed E-state index contributed by atoms with van der Waals surface area (Å²) in [5, 5.41) is 12.7. The lowest BCUT2D eigenvalue weighted by molar-refractivity contribution is -0.113. The molecule has 0 aromatic carbocycles. The van der Waals surface area contributed by atoms with E-state index in [0.29, 0.717) is 16.8 Å². The third kappa shape index (κ3) is 4.78. The number of hydrogen-bond donors (Lipinski definition) is 1. The van der Waals surface area contributed by atoms with E-state index in [2.05, 4.69) is 45.8 Å². The molecule has 0 saturated carbocycles. The van der Waals surface area contributed by atoms with Crippen LogP contribution in [0, 0.1) is 19.8 Å². The minimum Gasteiger partial charge on any atom is -0.306 e. The Hall–Kier alpha value is -1.41. The number of aryl methyl sites for hydroxylation is 3. The molecular formula is C15H23N5OS2. The van der Waals surface area contributed by atoms with Gasteiger partial charge in [0.2, 0.25) is 5.91 Å². The maximum absolute atomic E-state index is 12.1. The maximum Gasteiger partial charge on any atom is 0.236 e. The Labute approximate surface area is 145 Å². The first-order valence-electron chi connectivity index (χ1n) is 7.69. The second-order valence-corrected chi connectivity index (χ2v) is 7.90. The smallest absolute Gasteiger partial charge is 0.236 e. The van der Waals surface area contributed by atoms with E-state index < -0.39 is 0 Å². The third-order valence-corrected chi connectivity index (χ3v) is 5.22. The highest BCUT2D eigenvalue weighted by Crippen LogP contribution is 2.22. The average Bonchev–Trinajstić information content (AvgIpc) is 2.99. The Morgan fingerprint density at radius 1 is 1.35 bits per heavy atom. The lowest BCUT2D eigenvalue weighted by Gasteiger charge is -2.11. The third-order valence-electron chi connectivity index (χ3n) is 3.26. The zero-order valence-electron chi connectivity index (χ0n) is 14.2. The first kappa shape index (κ1) is 17.9. The van der Waals surface area contributed by atoms with Crippen LogP contribution in [-0.4, -0.2) is 31.4 Å². The molecular weight excluding hydrogens is 330 g/mol. The Kier molecular flexibility index (Phi) is 6.17. The number of rotatable bonds is 7. The predicted octanol–water partition coefficient (Wildman–Crippen LogP) is 3.30. The van der Waals surface area contributed by atoms with Crippen molar-refractivity contribution in [1.29, 1.82) is 0 Å². The molecule has 0 spiro atoms. The number of aromatic nitrogens is 4. The summed E-state index contributed by atoms with van der Waals surface area (Å²) < 4.78 is 2.11. The topological polar surface area (TPSA) is 72.7 Å². The molecule has 8 heteroatoms. The number of thioether (sulfide) groups is 1. The van der Waals surface area contributed by atoms with Gasteiger partial charge < -0.3 is 9.88 Å². The van der Waals surface area contributed by atoms with E-state index >= 15 is 0 Å². The van der Waals surface area contributed by atoms with Crippen LogP contribution < -0.4 is 5.32 Å². The summed E-state index contributed by atoms with van der Waals surface area (Å²) in [6.45, 7) is 11.2. The maximum atomic E-state index is 12.1. The minimum absolute atomic E-state index is 0.0686. The summed E-state index contributed by atoms with van der Waals surface area (Å²) in [4.78, 5) is 17.5. The van der Waals surface area contributed by atoms with Crippen LogP contribution in [-0.2, 0) is 17.8 Å². The standard InChI is InChI=1S/C15H23N5OS2/c1-6-12-18-19-15(20(12)7-9(2)3)22-8-13(21)17-14-16-10(4)11(5)23-14/h9H,6-8H2,1-5H3,(H,16,17,21). The van der Waals surface area contributed by atoms with E-state index in [9.17, 15) is 4.79 Å². The summed E-state index contributed by atoms with van der Waals surface area (Å²) >= 11 is 2.92. The van der Waals surface area contributed by atoms with Gasteiger partial charge in [-0.1, -0.05) is 32.5 Å². The van der Waals surface area contributed by atoms with Crippen LogP contribution in [0.5, 0.6) is 0 Å². The fourth-order valence-corrected chi connectivity index (χ4v) is 3.64. The molecule has 0 atom stereocenters. The van der Waals surface area contributed by atoms with Gasteiger partial charge in [-0.25, -0.2) is 4.98 Å². The summed E-state index contributed by atoms with van der Waals surface area (Å²) in [5.74, 6) is 1.71. The lowest BCUT2D eigenvalue weighted by atomic mass is 10.2. The fourth-order valence-electron chi connectivity index (χ4n) is 2.05. The molecule has 2 rings (SSSR count). The second-order valence-electron chi connectivity index (χ2n) is 5.75. The van der Waals surface area contributed by atoms with Gasteiger partial charge in [-0.05, 0) is 19.8 Å². The zero-order chi connectivity index (χ0) is 17.0. The number of nitrogens with one attached hydrogen (secondary N) is 1. The number of nitrogens with zero attached hydrogens (tertiary/aromatic N) is 4. The molecule has 0 fully saturated rings. The minimum atomic E-state index is -0.0686. The van der Waals surface area contributed by atoms with Crippen LogP contribution in [0.15, 0.2) is 5.16 Å². The SMILES string of the molecule is CCc1nnc(SCC(=O)Nc2nc(C)c(C)s2)n1CC(C)C. The van der Waals surface area contributed by atoms with E-state index in [1.807, 2.05) is 13.8 Å². The molecule has 23 heavy (non-hydrogen) atoms. The van der Waals surface area contributed by atoms with Gasteiger partial charge in [-0.2, -0.15) is 0 Å². The van der Waals surface area contributed by atoms with Crippen LogP contribution in [0.25, 0.3) is 0 Å². The number of amides is 1. The molecule has 0 saturated heterocycles. The van der Waals surface area contributed by atoms with Crippen LogP contribution in [0.3, 0.4) is 0 Å². The van der Waals surface area contributed by atoms with Crippen molar-refractivity contribution in [3.8, 4) is 0 Å². The van der Waals surface area contributed by atoms with Crippen LogP contribution >= 0.6 is 23.1 Å². The quantitative estimate of drug-likeness (QED) is 0.773.